The van der Waals surface area contributed by atoms with E-state index < -0.39 is 0 Å². The average Bonchev–Trinajstić information content (AvgIpc) is 2.53. The highest BCUT2D eigenvalue weighted by Gasteiger charge is 2.23. The van der Waals surface area contributed by atoms with Crippen LogP contribution in [0.25, 0.3) is 0 Å². The molecule has 0 unspecified atom stereocenters. The Kier molecular flexibility index (Phi) is 4.05. The second-order valence-electron chi connectivity index (χ2n) is 5.07. The maximum absolute atomic E-state index is 9.12. The Morgan fingerprint density at radius 1 is 1.20 bits per heavy atom. The minimum atomic E-state index is 0.137. The summed E-state index contributed by atoms with van der Waals surface area (Å²) in [4.78, 5) is 2.37. The van der Waals surface area contributed by atoms with Gasteiger partial charge in [-0.15, -0.1) is 0 Å². The molecule has 0 saturated carbocycles. The fourth-order valence-corrected chi connectivity index (χ4v) is 2.81. The number of rotatable bonds is 3. The number of nitrogens with one attached hydrogen (secondary N) is 1. The Morgan fingerprint density at radius 2 is 1.95 bits per heavy atom. The number of hydrogen-bond acceptors (Lipinski definition) is 5. The largest absolute Gasteiger partial charge is 0.486 e. The summed E-state index contributed by atoms with van der Waals surface area (Å²) in [6.07, 6.45) is 0.500. The van der Waals surface area contributed by atoms with E-state index >= 15 is 0 Å². The first-order chi connectivity index (χ1) is 9.88. The first-order valence-electron chi connectivity index (χ1n) is 7.10. The normalized spacial score (nSPS) is 20.1. The van der Waals surface area contributed by atoms with Gasteiger partial charge in [0, 0.05) is 32.2 Å². The van der Waals surface area contributed by atoms with Crippen LogP contribution in [0.2, 0.25) is 0 Å². The molecule has 5 nitrogen and oxygen atoms in total. The van der Waals surface area contributed by atoms with Gasteiger partial charge in [0.1, 0.15) is 13.2 Å². The van der Waals surface area contributed by atoms with Crippen molar-refractivity contribution in [2.24, 2.45) is 0 Å². The predicted molar refractivity (Wildman–Crippen MR) is 74.8 cm³/mol. The van der Waals surface area contributed by atoms with Gasteiger partial charge in [-0.2, -0.15) is 5.26 Å². The molecule has 2 aliphatic heterocycles. The van der Waals surface area contributed by atoms with Crippen molar-refractivity contribution in [1.82, 2.24) is 10.2 Å². The van der Waals surface area contributed by atoms with Gasteiger partial charge in [-0.25, -0.2) is 0 Å². The molecule has 0 aromatic heterocycles. The minimum absolute atomic E-state index is 0.137. The van der Waals surface area contributed by atoms with Crippen molar-refractivity contribution < 1.29 is 9.47 Å². The summed E-state index contributed by atoms with van der Waals surface area (Å²) in [5.41, 5.74) is 1.14. The number of nitrogens with zero attached hydrogens (tertiary/aromatic N) is 2. The highest BCUT2D eigenvalue weighted by atomic mass is 16.6. The topological polar surface area (TPSA) is 57.5 Å². The highest BCUT2D eigenvalue weighted by molar-refractivity contribution is 5.44. The van der Waals surface area contributed by atoms with Crippen molar-refractivity contribution in [2.75, 3.05) is 39.4 Å². The monoisotopic (exact) mass is 273 g/mol. The second kappa shape index (κ2) is 6.12. The van der Waals surface area contributed by atoms with Crippen LogP contribution in [0.5, 0.6) is 11.5 Å². The quantitative estimate of drug-likeness (QED) is 0.900. The summed E-state index contributed by atoms with van der Waals surface area (Å²) in [5.74, 6) is 1.60. The molecule has 106 valence electrons. The van der Waals surface area contributed by atoms with E-state index in [1.54, 1.807) is 0 Å². The number of benzene rings is 1. The van der Waals surface area contributed by atoms with Crippen molar-refractivity contribution in [1.29, 1.82) is 5.26 Å². The molecule has 0 radical (unpaired) electrons. The number of nitriles is 1. The van der Waals surface area contributed by atoms with Gasteiger partial charge in [-0.05, 0) is 17.7 Å². The molecule has 0 bridgehead atoms. The zero-order valence-electron chi connectivity index (χ0n) is 11.5. The first-order valence-corrected chi connectivity index (χ1v) is 7.10. The zero-order valence-corrected chi connectivity index (χ0v) is 11.5. The minimum Gasteiger partial charge on any atom is -0.486 e. The molecule has 2 aliphatic rings. The molecule has 0 spiro atoms. The maximum Gasteiger partial charge on any atom is 0.161 e. The zero-order chi connectivity index (χ0) is 13.8. The summed E-state index contributed by atoms with van der Waals surface area (Å²) in [6, 6.07) is 8.48. The fraction of sp³-hybridized carbons (Fsp3) is 0.533. The smallest absolute Gasteiger partial charge is 0.161 e. The van der Waals surface area contributed by atoms with Crippen molar-refractivity contribution in [3.05, 3.63) is 23.8 Å². The molecule has 0 aliphatic carbocycles. The van der Waals surface area contributed by atoms with Crippen molar-refractivity contribution in [3.8, 4) is 17.6 Å². The number of ether oxygens (including phenoxy) is 2. The van der Waals surface area contributed by atoms with E-state index in [2.05, 4.69) is 22.4 Å². The van der Waals surface area contributed by atoms with Crippen LogP contribution in [0.3, 0.4) is 0 Å². The molecule has 5 heteroatoms. The fourth-order valence-electron chi connectivity index (χ4n) is 2.81. The molecule has 2 heterocycles. The number of piperazine rings is 1. The average molecular weight is 273 g/mol. The molecule has 1 atom stereocenters. The van der Waals surface area contributed by atoms with E-state index in [1.165, 1.54) is 0 Å². The van der Waals surface area contributed by atoms with E-state index in [1.807, 2.05) is 12.1 Å². The van der Waals surface area contributed by atoms with Gasteiger partial charge in [0.05, 0.1) is 12.5 Å². The Morgan fingerprint density at radius 3 is 2.70 bits per heavy atom. The summed E-state index contributed by atoms with van der Waals surface area (Å²) in [5, 5.41) is 12.5. The summed E-state index contributed by atoms with van der Waals surface area (Å²) in [6.45, 7) is 5.10. The third-order valence-electron chi connectivity index (χ3n) is 3.83. The maximum atomic E-state index is 9.12. The molecule has 1 aromatic carbocycles. The third kappa shape index (κ3) is 2.72. The van der Waals surface area contributed by atoms with Gasteiger partial charge in [0.2, 0.25) is 0 Å². The van der Waals surface area contributed by atoms with Crippen LogP contribution in [0, 0.1) is 11.3 Å². The third-order valence-corrected chi connectivity index (χ3v) is 3.83. The Hall–Kier alpha value is -1.77. The van der Waals surface area contributed by atoms with Crippen LogP contribution in [-0.2, 0) is 0 Å². The molecule has 1 aromatic rings. The molecule has 1 saturated heterocycles. The van der Waals surface area contributed by atoms with Crippen molar-refractivity contribution in [3.63, 3.8) is 0 Å². The van der Waals surface area contributed by atoms with Crippen molar-refractivity contribution in [2.45, 2.75) is 12.5 Å². The molecular weight excluding hydrogens is 254 g/mol. The second-order valence-corrected chi connectivity index (χ2v) is 5.07. The Balaban J connectivity index is 1.85. The standard InChI is InChI=1S/C15H19N3O2/c16-4-3-13(18-7-5-17-6-8-18)12-1-2-14-15(11-12)20-10-9-19-14/h1-2,11,13,17H,3,5-10H2/t13-/m1/s1. The molecule has 20 heavy (non-hydrogen) atoms. The van der Waals surface area contributed by atoms with Crippen LogP contribution < -0.4 is 14.8 Å². The van der Waals surface area contributed by atoms with Gasteiger partial charge in [0.15, 0.2) is 11.5 Å². The summed E-state index contributed by atoms with van der Waals surface area (Å²) >= 11 is 0. The predicted octanol–water partition coefficient (Wildman–Crippen LogP) is 1.32. The van der Waals surface area contributed by atoms with E-state index in [9.17, 15) is 0 Å². The molecule has 1 fully saturated rings. The summed E-state index contributed by atoms with van der Waals surface area (Å²) in [7, 11) is 0. The molecule has 0 amide bonds. The Bertz CT molecular complexity index is 506. The lowest BCUT2D eigenvalue weighted by Gasteiger charge is -2.34. The summed E-state index contributed by atoms with van der Waals surface area (Å²) < 4.78 is 11.2. The van der Waals surface area contributed by atoms with Gasteiger partial charge in [0.25, 0.3) is 0 Å². The van der Waals surface area contributed by atoms with Crippen molar-refractivity contribution >= 4 is 0 Å². The molecule has 1 N–H and O–H groups in total. The van der Waals surface area contributed by atoms with Gasteiger partial charge < -0.3 is 14.8 Å². The number of fused-ring (bicyclic) bond motifs is 1. The number of hydrogen-bond donors (Lipinski definition) is 1. The lowest BCUT2D eigenvalue weighted by Crippen LogP contribution is -2.45. The van der Waals surface area contributed by atoms with E-state index in [4.69, 9.17) is 14.7 Å². The van der Waals surface area contributed by atoms with Crippen LogP contribution in [0.1, 0.15) is 18.0 Å². The lowest BCUT2D eigenvalue weighted by molar-refractivity contribution is 0.165. The van der Waals surface area contributed by atoms with Crippen LogP contribution in [-0.4, -0.2) is 44.3 Å². The van der Waals surface area contributed by atoms with E-state index in [0.717, 1.165) is 43.2 Å². The SMILES string of the molecule is N#CC[C@H](c1ccc2c(c1)OCCO2)N1CCNCC1. The van der Waals surface area contributed by atoms with E-state index in [0.29, 0.717) is 19.6 Å². The molecule has 3 rings (SSSR count). The first kappa shape index (κ1) is 13.2. The van der Waals surface area contributed by atoms with Gasteiger partial charge in [-0.3, -0.25) is 4.90 Å². The molecular formula is C15H19N3O2. The van der Waals surface area contributed by atoms with Crippen LogP contribution >= 0.6 is 0 Å². The van der Waals surface area contributed by atoms with Crippen LogP contribution in [0.4, 0.5) is 0 Å². The lowest BCUT2D eigenvalue weighted by atomic mass is 10.0. The van der Waals surface area contributed by atoms with Gasteiger partial charge >= 0.3 is 0 Å². The highest BCUT2D eigenvalue weighted by Crippen LogP contribution is 2.35. The van der Waals surface area contributed by atoms with Gasteiger partial charge in [-0.1, -0.05) is 6.07 Å². The van der Waals surface area contributed by atoms with E-state index in [-0.39, 0.29) is 6.04 Å². The Labute approximate surface area is 119 Å². The van der Waals surface area contributed by atoms with Crippen LogP contribution in [0.15, 0.2) is 18.2 Å².